The lowest BCUT2D eigenvalue weighted by Gasteiger charge is -2.31. The first kappa shape index (κ1) is 46.7. The number of hydrazine groups is 1. The Morgan fingerprint density at radius 1 is 0.482 bits per heavy atom. The van der Waals surface area contributed by atoms with Crippen LogP contribution in [0.2, 0.25) is 0 Å². The summed E-state index contributed by atoms with van der Waals surface area (Å²) in [5, 5.41) is 22.5. The first-order valence-electron chi connectivity index (χ1n) is 17.7. The minimum Gasteiger partial charge on any atom is -0.480 e. The van der Waals surface area contributed by atoms with Crippen LogP contribution >= 0.6 is 0 Å². The van der Waals surface area contributed by atoms with E-state index < -0.39 is 36.6 Å². The lowest BCUT2D eigenvalue weighted by atomic mass is 10.1. The molecule has 0 heterocycles. The van der Waals surface area contributed by atoms with Crippen LogP contribution in [0.25, 0.3) is 0 Å². The van der Waals surface area contributed by atoms with Gasteiger partial charge in [0.2, 0.25) is 11.8 Å². The van der Waals surface area contributed by atoms with Gasteiger partial charge in [0, 0.05) is 55.1 Å². The van der Waals surface area contributed by atoms with Crippen molar-refractivity contribution in [2.24, 2.45) is 0 Å². The Balaban J connectivity index is 0.000000310. The maximum atomic E-state index is 10.8. The molecule has 0 saturated carbocycles. The SMILES string of the molecule is CC(=O)NC(Cc1ccccc1)C(=O)O.CC(=O)NC(Cc1ccccc1)C(=O)O.COC(OC)[C@H](NN[C@@H](c1ccccc1)C(OC)OC)c1ccccc1. The van der Waals surface area contributed by atoms with Gasteiger partial charge in [-0.15, -0.1) is 0 Å². The number of methoxy groups -OCH3 is 4. The van der Waals surface area contributed by atoms with Crippen LogP contribution in [0.1, 0.15) is 48.2 Å². The van der Waals surface area contributed by atoms with Gasteiger partial charge in [0.05, 0.1) is 12.1 Å². The van der Waals surface area contributed by atoms with Crippen LogP contribution in [0.3, 0.4) is 0 Å². The number of aliphatic carboxylic acids is 2. The van der Waals surface area contributed by atoms with Gasteiger partial charge in [0.1, 0.15) is 12.1 Å². The van der Waals surface area contributed by atoms with Gasteiger partial charge >= 0.3 is 11.9 Å². The van der Waals surface area contributed by atoms with Crippen molar-refractivity contribution >= 4 is 23.8 Å². The Labute approximate surface area is 328 Å². The molecular weight excluding hydrogens is 720 g/mol. The highest BCUT2D eigenvalue weighted by atomic mass is 16.7. The fourth-order valence-electron chi connectivity index (χ4n) is 5.44. The van der Waals surface area contributed by atoms with Crippen molar-refractivity contribution in [1.29, 1.82) is 0 Å². The summed E-state index contributed by atoms with van der Waals surface area (Å²) in [5.74, 6) is -2.71. The van der Waals surface area contributed by atoms with Gasteiger partial charge in [-0.05, 0) is 22.3 Å². The van der Waals surface area contributed by atoms with E-state index in [1.165, 1.54) is 13.8 Å². The number of ether oxygens (including phenoxy) is 4. The number of hydrogen-bond donors (Lipinski definition) is 6. The average Bonchev–Trinajstić information content (AvgIpc) is 3.20. The normalized spacial score (nSPS) is 12.8. The molecule has 4 aromatic carbocycles. The third-order valence-electron chi connectivity index (χ3n) is 8.10. The van der Waals surface area contributed by atoms with Crippen LogP contribution in [-0.2, 0) is 51.0 Å². The van der Waals surface area contributed by atoms with Crippen LogP contribution in [0.4, 0.5) is 0 Å². The first-order chi connectivity index (χ1) is 26.9. The molecular formula is C42H54N4O10. The topological polar surface area (TPSA) is 194 Å². The fraction of sp³-hybridized carbons (Fsp3) is 0.333. The maximum Gasteiger partial charge on any atom is 0.326 e. The molecule has 2 amide bonds. The minimum absolute atomic E-state index is 0.230. The smallest absolute Gasteiger partial charge is 0.326 e. The molecule has 0 fully saturated rings. The number of carboxylic acid groups (broad SMARTS) is 2. The number of carbonyl (C=O) groups is 4. The molecule has 14 heteroatoms. The molecule has 6 N–H and O–H groups in total. The number of amides is 2. The third-order valence-corrected chi connectivity index (χ3v) is 8.10. The molecule has 14 nitrogen and oxygen atoms in total. The van der Waals surface area contributed by atoms with Crippen molar-refractivity contribution in [2.75, 3.05) is 28.4 Å². The molecule has 0 aliphatic rings. The Bertz CT molecular complexity index is 1570. The van der Waals surface area contributed by atoms with E-state index in [9.17, 15) is 19.2 Å². The van der Waals surface area contributed by atoms with Gasteiger partial charge in [-0.2, -0.15) is 0 Å². The lowest BCUT2D eigenvalue weighted by Crippen LogP contribution is -2.47. The molecule has 0 aliphatic carbocycles. The van der Waals surface area contributed by atoms with Crippen molar-refractivity contribution in [2.45, 2.75) is 63.4 Å². The fourth-order valence-corrected chi connectivity index (χ4v) is 5.44. The van der Waals surface area contributed by atoms with E-state index in [0.717, 1.165) is 22.3 Å². The van der Waals surface area contributed by atoms with Crippen LogP contribution in [0.5, 0.6) is 0 Å². The summed E-state index contributed by atoms with van der Waals surface area (Å²) < 4.78 is 21.9. The number of rotatable bonds is 19. The van der Waals surface area contributed by atoms with E-state index in [-0.39, 0.29) is 23.9 Å². The molecule has 4 aromatic rings. The van der Waals surface area contributed by atoms with Crippen molar-refractivity contribution in [3.63, 3.8) is 0 Å². The standard InChI is InChI=1S/C20H28N2O4.2C11H13NO3/c1-23-19(24-2)17(15-11-7-5-8-12-15)21-22-18(20(25-3)26-4)16-13-9-6-10-14-16;2*1-8(13)12-10(11(14)15)7-9-5-3-2-4-6-9/h5-14,17-22H,1-4H3;2*2-6,10H,7H2,1H3,(H,12,13)(H,14,15)/t17-,18+;;. The van der Waals surface area contributed by atoms with Crippen LogP contribution in [0, 0.1) is 0 Å². The molecule has 0 aromatic heterocycles. The van der Waals surface area contributed by atoms with Gasteiger partial charge in [-0.25, -0.2) is 20.4 Å². The van der Waals surface area contributed by atoms with E-state index in [1.54, 1.807) is 28.4 Å². The largest absolute Gasteiger partial charge is 0.480 e. The van der Waals surface area contributed by atoms with E-state index in [4.69, 9.17) is 29.2 Å². The predicted octanol–water partition coefficient (Wildman–Crippen LogP) is 4.44. The van der Waals surface area contributed by atoms with Crippen molar-refractivity contribution in [1.82, 2.24) is 21.5 Å². The molecule has 4 atom stereocenters. The molecule has 2 unspecified atom stereocenters. The molecule has 4 rings (SSSR count). The second kappa shape index (κ2) is 26.3. The first-order valence-corrected chi connectivity index (χ1v) is 17.7. The van der Waals surface area contributed by atoms with Gasteiger partial charge in [-0.1, -0.05) is 121 Å². The van der Waals surface area contributed by atoms with Crippen LogP contribution in [0.15, 0.2) is 121 Å². The van der Waals surface area contributed by atoms with E-state index >= 15 is 0 Å². The molecule has 0 radical (unpaired) electrons. The summed E-state index contributed by atoms with van der Waals surface area (Å²) in [5.41, 5.74) is 10.5. The zero-order valence-corrected chi connectivity index (χ0v) is 32.6. The highest BCUT2D eigenvalue weighted by Gasteiger charge is 2.28. The highest BCUT2D eigenvalue weighted by molar-refractivity contribution is 5.83. The Morgan fingerprint density at radius 2 is 0.750 bits per heavy atom. The second-order valence-electron chi connectivity index (χ2n) is 12.3. The van der Waals surface area contributed by atoms with E-state index in [2.05, 4.69) is 21.5 Å². The number of hydrogen-bond acceptors (Lipinski definition) is 10. The summed E-state index contributed by atoms with van der Waals surface area (Å²) in [6.45, 7) is 2.61. The second-order valence-corrected chi connectivity index (χ2v) is 12.3. The Hall–Kier alpha value is -5.48. The summed E-state index contributed by atoms with van der Waals surface area (Å²) in [6.07, 6.45) is -0.333. The molecule has 302 valence electrons. The molecule has 0 spiro atoms. The van der Waals surface area contributed by atoms with E-state index in [0.29, 0.717) is 12.8 Å². The Morgan fingerprint density at radius 3 is 0.982 bits per heavy atom. The monoisotopic (exact) mass is 774 g/mol. The zero-order chi connectivity index (χ0) is 41.3. The Kier molecular flexibility index (Phi) is 22.0. The minimum atomic E-state index is -1.02. The van der Waals surface area contributed by atoms with Crippen LogP contribution in [-0.4, -0.2) is 87.1 Å². The highest BCUT2D eigenvalue weighted by Crippen LogP contribution is 2.23. The lowest BCUT2D eigenvalue weighted by molar-refractivity contribution is -0.141. The van der Waals surface area contributed by atoms with Gasteiger partial charge in [0.15, 0.2) is 12.6 Å². The summed E-state index contributed by atoms with van der Waals surface area (Å²) in [4.78, 5) is 43.2. The number of benzene rings is 4. The summed E-state index contributed by atoms with van der Waals surface area (Å²) >= 11 is 0. The zero-order valence-electron chi connectivity index (χ0n) is 32.6. The summed E-state index contributed by atoms with van der Waals surface area (Å²) in [7, 11) is 6.47. The average molecular weight is 775 g/mol. The number of nitrogens with one attached hydrogen (secondary N) is 4. The van der Waals surface area contributed by atoms with Gasteiger partial charge in [-0.3, -0.25) is 9.59 Å². The molecule has 56 heavy (non-hydrogen) atoms. The summed E-state index contributed by atoms with van der Waals surface area (Å²) in [6, 6.07) is 36.2. The third kappa shape index (κ3) is 17.3. The van der Waals surface area contributed by atoms with Crippen molar-refractivity contribution in [3.05, 3.63) is 144 Å². The van der Waals surface area contributed by atoms with Gasteiger partial charge < -0.3 is 39.8 Å². The maximum absolute atomic E-state index is 10.8. The van der Waals surface area contributed by atoms with E-state index in [1.807, 2.05) is 121 Å². The number of carbonyl (C=O) groups excluding carboxylic acids is 2. The molecule has 0 bridgehead atoms. The molecule has 0 saturated heterocycles. The van der Waals surface area contributed by atoms with Crippen molar-refractivity contribution < 1.29 is 48.3 Å². The van der Waals surface area contributed by atoms with Gasteiger partial charge in [0.25, 0.3) is 0 Å². The predicted molar refractivity (Wildman–Crippen MR) is 211 cm³/mol. The van der Waals surface area contributed by atoms with Crippen molar-refractivity contribution in [3.8, 4) is 0 Å². The van der Waals surface area contributed by atoms with Crippen LogP contribution < -0.4 is 21.5 Å². The number of carboxylic acids is 2. The molecule has 0 aliphatic heterocycles. The quantitative estimate of drug-likeness (QED) is 0.0581.